The Morgan fingerprint density at radius 1 is 1.29 bits per heavy atom. The number of benzene rings is 1. The highest BCUT2D eigenvalue weighted by molar-refractivity contribution is 6.05. The average molecular weight is 386 g/mol. The number of nitrogens with zero attached hydrogens (tertiary/aromatic N) is 1. The van der Waals surface area contributed by atoms with Crippen LogP contribution < -0.4 is 16.0 Å². The van der Waals surface area contributed by atoms with Crippen LogP contribution in [0.4, 0.5) is 0 Å². The predicted molar refractivity (Wildman–Crippen MR) is 101 cm³/mol. The standard InChI is InChI=1S/C20H26N4O4/c1-28-7-6-15-16(10-22-15)21-9-12-2-3-13-11-24(20(27)14(13)8-12)17-4-5-18(25)23-19(17)26/h2-3,8,15-17,21-22H,4-7,9-11H2,1H3,(H,23,25,26). The van der Waals surface area contributed by atoms with Crippen LogP contribution in [0.3, 0.4) is 0 Å². The van der Waals surface area contributed by atoms with Gasteiger partial charge in [0.15, 0.2) is 0 Å². The Balaban J connectivity index is 1.38. The van der Waals surface area contributed by atoms with Crippen LogP contribution in [0.5, 0.6) is 0 Å². The summed E-state index contributed by atoms with van der Waals surface area (Å²) >= 11 is 0. The molecule has 3 aliphatic heterocycles. The van der Waals surface area contributed by atoms with Crippen molar-refractivity contribution in [2.45, 2.75) is 50.5 Å². The van der Waals surface area contributed by atoms with Gasteiger partial charge in [-0.1, -0.05) is 12.1 Å². The van der Waals surface area contributed by atoms with Crippen molar-refractivity contribution in [1.82, 2.24) is 20.9 Å². The van der Waals surface area contributed by atoms with Crippen molar-refractivity contribution in [2.24, 2.45) is 0 Å². The molecule has 8 nitrogen and oxygen atoms in total. The molecule has 2 fully saturated rings. The highest BCUT2D eigenvalue weighted by Crippen LogP contribution is 2.28. The Bertz CT molecular complexity index is 796. The smallest absolute Gasteiger partial charge is 0.255 e. The quantitative estimate of drug-likeness (QED) is 0.567. The van der Waals surface area contributed by atoms with Gasteiger partial charge >= 0.3 is 0 Å². The highest BCUT2D eigenvalue weighted by atomic mass is 16.5. The fourth-order valence-electron chi connectivity index (χ4n) is 4.13. The molecule has 1 aromatic carbocycles. The summed E-state index contributed by atoms with van der Waals surface area (Å²) in [5.74, 6) is -0.776. The molecule has 2 saturated heterocycles. The van der Waals surface area contributed by atoms with Crippen LogP contribution >= 0.6 is 0 Å². The van der Waals surface area contributed by atoms with Crippen LogP contribution in [0.15, 0.2) is 18.2 Å². The number of piperidine rings is 1. The first-order valence-electron chi connectivity index (χ1n) is 9.79. The molecule has 150 valence electrons. The van der Waals surface area contributed by atoms with Crippen molar-refractivity contribution in [3.05, 3.63) is 34.9 Å². The predicted octanol–water partition coefficient (Wildman–Crippen LogP) is -0.0859. The second-order valence-electron chi connectivity index (χ2n) is 7.68. The van der Waals surface area contributed by atoms with Gasteiger partial charge in [0.1, 0.15) is 6.04 Å². The zero-order chi connectivity index (χ0) is 19.7. The number of imide groups is 1. The van der Waals surface area contributed by atoms with E-state index in [2.05, 4.69) is 16.0 Å². The maximum absolute atomic E-state index is 12.9. The largest absolute Gasteiger partial charge is 0.385 e. The van der Waals surface area contributed by atoms with Crippen molar-refractivity contribution >= 4 is 17.7 Å². The van der Waals surface area contributed by atoms with Crippen molar-refractivity contribution in [3.63, 3.8) is 0 Å². The number of carbonyl (C=O) groups excluding carboxylic acids is 3. The summed E-state index contributed by atoms with van der Waals surface area (Å²) < 4.78 is 5.14. The molecular weight excluding hydrogens is 360 g/mol. The minimum atomic E-state index is -0.568. The Labute approximate surface area is 164 Å². The van der Waals surface area contributed by atoms with E-state index in [1.54, 1.807) is 12.0 Å². The van der Waals surface area contributed by atoms with Gasteiger partial charge in [0.25, 0.3) is 5.91 Å². The molecule has 0 aromatic heterocycles. The van der Waals surface area contributed by atoms with Gasteiger partial charge in [0.05, 0.1) is 0 Å². The molecule has 0 radical (unpaired) electrons. The summed E-state index contributed by atoms with van der Waals surface area (Å²) in [7, 11) is 1.71. The van der Waals surface area contributed by atoms with Crippen molar-refractivity contribution in [1.29, 1.82) is 0 Å². The number of methoxy groups -OCH3 is 1. The molecule has 1 aromatic rings. The summed E-state index contributed by atoms with van der Waals surface area (Å²) in [6, 6.07) is 6.17. The molecule has 28 heavy (non-hydrogen) atoms. The van der Waals surface area contributed by atoms with Gasteiger partial charge in [-0.15, -0.1) is 0 Å². The molecule has 0 saturated carbocycles. The third kappa shape index (κ3) is 3.67. The van der Waals surface area contributed by atoms with Crippen molar-refractivity contribution in [2.75, 3.05) is 20.3 Å². The zero-order valence-electron chi connectivity index (χ0n) is 16.0. The first-order valence-corrected chi connectivity index (χ1v) is 9.79. The molecule has 0 bridgehead atoms. The van der Waals surface area contributed by atoms with E-state index in [9.17, 15) is 14.4 Å². The molecule has 3 atom stereocenters. The van der Waals surface area contributed by atoms with Crippen LogP contribution in [0.25, 0.3) is 0 Å². The molecular formula is C20H26N4O4. The fourth-order valence-corrected chi connectivity index (χ4v) is 4.13. The molecule has 3 aliphatic rings. The number of rotatable bonds is 7. The van der Waals surface area contributed by atoms with Crippen molar-refractivity contribution < 1.29 is 19.1 Å². The van der Waals surface area contributed by atoms with Crippen LogP contribution in [0, 0.1) is 0 Å². The number of nitrogens with one attached hydrogen (secondary N) is 3. The minimum Gasteiger partial charge on any atom is -0.385 e. The van der Waals surface area contributed by atoms with E-state index >= 15 is 0 Å². The van der Waals surface area contributed by atoms with Gasteiger partial charge in [-0.3, -0.25) is 19.7 Å². The molecule has 3 amide bonds. The third-order valence-electron chi connectivity index (χ3n) is 5.88. The molecule has 4 rings (SSSR count). The van der Waals surface area contributed by atoms with E-state index in [0.29, 0.717) is 37.2 Å². The Morgan fingerprint density at radius 3 is 2.86 bits per heavy atom. The van der Waals surface area contributed by atoms with E-state index in [4.69, 9.17) is 4.74 Å². The second kappa shape index (κ2) is 7.98. The lowest BCUT2D eigenvalue weighted by atomic mass is 9.96. The normalized spacial score (nSPS) is 26.8. The molecule has 0 aliphatic carbocycles. The van der Waals surface area contributed by atoms with Crippen molar-refractivity contribution in [3.8, 4) is 0 Å². The summed E-state index contributed by atoms with van der Waals surface area (Å²) in [4.78, 5) is 37.9. The maximum atomic E-state index is 12.9. The Hall–Kier alpha value is -2.29. The molecule has 3 unspecified atom stereocenters. The lowest BCUT2D eigenvalue weighted by molar-refractivity contribution is -0.136. The molecule has 3 N–H and O–H groups in total. The van der Waals surface area contributed by atoms with Crippen LogP contribution in [-0.2, 0) is 27.4 Å². The van der Waals surface area contributed by atoms with E-state index in [1.165, 1.54) is 0 Å². The van der Waals surface area contributed by atoms with Crippen LogP contribution in [0.1, 0.15) is 40.7 Å². The number of ether oxygens (including phenoxy) is 1. The molecule has 0 spiro atoms. The Kier molecular flexibility index (Phi) is 5.43. The summed E-state index contributed by atoms with van der Waals surface area (Å²) in [6.45, 7) is 2.77. The number of fused-ring (bicyclic) bond motifs is 1. The third-order valence-corrected chi connectivity index (χ3v) is 5.88. The number of amides is 3. The van der Waals surface area contributed by atoms with Crippen LogP contribution in [0.2, 0.25) is 0 Å². The number of carbonyl (C=O) groups is 3. The first-order chi connectivity index (χ1) is 13.6. The van der Waals surface area contributed by atoms with E-state index in [0.717, 1.165) is 30.7 Å². The van der Waals surface area contributed by atoms with E-state index in [1.807, 2.05) is 18.2 Å². The summed E-state index contributed by atoms with van der Waals surface area (Å²) in [5, 5.41) is 9.27. The Morgan fingerprint density at radius 2 is 2.14 bits per heavy atom. The van der Waals surface area contributed by atoms with Gasteiger partial charge in [0, 0.05) is 57.4 Å². The van der Waals surface area contributed by atoms with Crippen LogP contribution in [-0.4, -0.2) is 61.0 Å². The lowest BCUT2D eigenvalue weighted by Gasteiger charge is -2.39. The van der Waals surface area contributed by atoms with Gasteiger partial charge in [-0.25, -0.2) is 0 Å². The van der Waals surface area contributed by atoms with E-state index < -0.39 is 6.04 Å². The number of hydrogen-bond acceptors (Lipinski definition) is 6. The maximum Gasteiger partial charge on any atom is 0.255 e. The SMILES string of the molecule is COCCC1NCC1NCc1ccc2c(c1)C(=O)N(C1CCC(=O)NC1=O)C2. The van der Waals surface area contributed by atoms with Gasteiger partial charge < -0.3 is 20.3 Å². The summed E-state index contributed by atoms with van der Waals surface area (Å²) in [5.41, 5.74) is 2.64. The number of hydrogen-bond donors (Lipinski definition) is 3. The topological polar surface area (TPSA) is 99.8 Å². The minimum absolute atomic E-state index is 0.130. The van der Waals surface area contributed by atoms with E-state index in [-0.39, 0.29) is 24.1 Å². The monoisotopic (exact) mass is 386 g/mol. The molecule has 3 heterocycles. The van der Waals surface area contributed by atoms with Gasteiger partial charge in [-0.2, -0.15) is 0 Å². The van der Waals surface area contributed by atoms with Gasteiger partial charge in [-0.05, 0) is 30.0 Å². The highest BCUT2D eigenvalue weighted by Gasteiger charge is 2.39. The fraction of sp³-hybridized carbons (Fsp3) is 0.550. The van der Waals surface area contributed by atoms with Gasteiger partial charge in [0.2, 0.25) is 11.8 Å². The summed E-state index contributed by atoms with van der Waals surface area (Å²) in [6.07, 6.45) is 1.62. The second-order valence-corrected chi connectivity index (χ2v) is 7.68. The lowest BCUT2D eigenvalue weighted by Crippen LogP contribution is -2.63. The average Bonchev–Trinajstić information content (AvgIpc) is 2.97. The molecule has 8 heteroatoms. The zero-order valence-corrected chi connectivity index (χ0v) is 16.0. The first kappa shape index (κ1) is 19.0.